The molecule has 0 bridgehead atoms. The molecule has 1 aliphatic rings. The first-order chi connectivity index (χ1) is 20.9. The number of aromatic nitrogens is 3. The van der Waals surface area contributed by atoms with Crippen LogP contribution in [0.5, 0.6) is 0 Å². The summed E-state index contributed by atoms with van der Waals surface area (Å²) in [5.74, 6) is -0.497. The molecule has 1 aliphatic carbocycles. The number of carboxylic acids is 1. The number of aromatic carboxylic acids is 1. The number of hydrogen-bond acceptors (Lipinski definition) is 5. The second-order valence-corrected chi connectivity index (χ2v) is 12.0. The summed E-state index contributed by atoms with van der Waals surface area (Å²) in [6.45, 7) is 0.445. The Balaban J connectivity index is 1.34. The molecule has 8 nitrogen and oxygen atoms in total. The van der Waals surface area contributed by atoms with E-state index in [1.165, 1.54) is 17.8 Å². The number of amides is 1. The number of nitrogens with zero attached hydrogens (tertiary/aromatic N) is 2. The topological polar surface area (TPSA) is 117 Å². The van der Waals surface area contributed by atoms with Gasteiger partial charge < -0.3 is 20.0 Å². The molecular weight excluding hydrogens is 584 g/mol. The Labute approximate surface area is 257 Å². The Kier molecular flexibility index (Phi) is 8.35. The number of carbonyl (C=O) groups is 2. The summed E-state index contributed by atoms with van der Waals surface area (Å²) in [4.78, 5) is 44.2. The number of hydrogen-bond donors (Lipinski definition) is 3. The second kappa shape index (κ2) is 12.5. The van der Waals surface area contributed by atoms with E-state index >= 15 is 0 Å². The van der Waals surface area contributed by atoms with E-state index in [1.54, 1.807) is 24.3 Å². The average molecular weight is 613 g/mol. The first-order valence-corrected chi connectivity index (χ1v) is 15.5. The number of fused-ring (bicyclic) bond motifs is 1. The summed E-state index contributed by atoms with van der Waals surface area (Å²) >= 11 is 8.41. The zero-order valence-corrected chi connectivity index (χ0v) is 24.8. The predicted molar refractivity (Wildman–Crippen MR) is 170 cm³/mol. The van der Waals surface area contributed by atoms with Gasteiger partial charge in [-0.25, -0.2) is 9.78 Å². The van der Waals surface area contributed by atoms with Crippen LogP contribution < -0.4 is 10.9 Å². The van der Waals surface area contributed by atoms with Crippen molar-refractivity contribution in [2.75, 3.05) is 5.32 Å². The summed E-state index contributed by atoms with van der Waals surface area (Å²) in [5, 5.41) is 14.2. The third-order valence-corrected chi connectivity index (χ3v) is 9.08. The van der Waals surface area contributed by atoms with E-state index in [0.717, 1.165) is 53.4 Å². The number of aromatic amines is 1. The van der Waals surface area contributed by atoms with Crippen LogP contribution in [0.1, 0.15) is 47.3 Å². The van der Waals surface area contributed by atoms with Gasteiger partial charge in [-0.05, 0) is 48.7 Å². The Morgan fingerprint density at radius 2 is 1.77 bits per heavy atom. The van der Waals surface area contributed by atoms with E-state index in [2.05, 4.69) is 19.9 Å². The van der Waals surface area contributed by atoms with E-state index in [1.807, 2.05) is 48.5 Å². The van der Waals surface area contributed by atoms with Crippen molar-refractivity contribution < 1.29 is 14.7 Å². The molecule has 0 aliphatic heterocycles. The van der Waals surface area contributed by atoms with E-state index in [0.29, 0.717) is 33.9 Å². The fraction of sp³-hybridized carbons (Fsp3) is 0.212. The first-order valence-electron chi connectivity index (χ1n) is 14.1. The molecule has 10 heteroatoms. The van der Waals surface area contributed by atoms with Gasteiger partial charge in [-0.15, -0.1) is 0 Å². The van der Waals surface area contributed by atoms with Crippen molar-refractivity contribution in [1.82, 2.24) is 14.5 Å². The SMILES string of the molecule is O=C(O)c1ccc(Cn2c(CSc3nc(-c4ccccc4)cc(=O)[nH]3)c(Cl)c3cc(NC(=O)C4CCCC4)ccc32)cc1. The zero-order valence-electron chi connectivity index (χ0n) is 23.2. The van der Waals surface area contributed by atoms with Crippen molar-refractivity contribution in [3.05, 3.63) is 111 Å². The molecule has 43 heavy (non-hydrogen) atoms. The van der Waals surface area contributed by atoms with E-state index < -0.39 is 5.97 Å². The molecule has 3 aromatic carbocycles. The van der Waals surface area contributed by atoms with Crippen molar-refractivity contribution in [3.8, 4) is 11.3 Å². The van der Waals surface area contributed by atoms with Crippen LogP contribution in [0.4, 0.5) is 5.69 Å². The molecule has 0 unspecified atom stereocenters. The number of thioether (sulfide) groups is 1. The van der Waals surface area contributed by atoms with Crippen molar-refractivity contribution in [2.45, 2.75) is 43.1 Å². The van der Waals surface area contributed by atoms with Crippen LogP contribution in [0.3, 0.4) is 0 Å². The number of nitrogens with one attached hydrogen (secondary N) is 2. The summed E-state index contributed by atoms with van der Waals surface area (Å²) in [6.07, 6.45) is 3.98. The number of benzene rings is 3. The highest BCUT2D eigenvalue weighted by molar-refractivity contribution is 7.98. The smallest absolute Gasteiger partial charge is 0.335 e. The van der Waals surface area contributed by atoms with Gasteiger partial charge in [0.05, 0.1) is 21.8 Å². The van der Waals surface area contributed by atoms with Crippen LogP contribution in [-0.2, 0) is 17.1 Å². The van der Waals surface area contributed by atoms with Crippen molar-refractivity contribution in [3.63, 3.8) is 0 Å². The Morgan fingerprint density at radius 1 is 1.02 bits per heavy atom. The molecule has 5 aromatic rings. The van der Waals surface area contributed by atoms with Crippen molar-refractivity contribution >= 4 is 51.8 Å². The normalized spacial score (nSPS) is 13.4. The zero-order chi connectivity index (χ0) is 29.9. The fourth-order valence-electron chi connectivity index (χ4n) is 5.53. The van der Waals surface area contributed by atoms with Crippen LogP contribution in [0.25, 0.3) is 22.2 Å². The molecule has 2 heterocycles. The Bertz CT molecular complexity index is 1860. The lowest BCUT2D eigenvalue weighted by Crippen LogP contribution is -2.20. The van der Waals surface area contributed by atoms with Crippen LogP contribution in [0.2, 0.25) is 5.02 Å². The molecule has 0 radical (unpaired) electrons. The molecule has 2 aromatic heterocycles. The van der Waals surface area contributed by atoms with Crippen molar-refractivity contribution in [1.29, 1.82) is 0 Å². The summed E-state index contributed by atoms with van der Waals surface area (Å²) in [5.41, 5.74) is 4.68. The summed E-state index contributed by atoms with van der Waals surface area (Å²) in [7, 11) is 0. The molecule has 1 amide bonds. The lowest BCUT2D eigenvalue weighted by atomic mass is 10.1. The minimum absolute atomic E-state index is 0.0371. The highest BCUT2D eigenvalue weighted by atomic mass is 35.5. The molecule has 3 N–H and O–H groups in total. The van der Waals surface area contributed by atoms with Gasteiger partial charge in [0, 0.05) is 46.6 Å². The molecule has 1 fully saturated rings. The van der Waals surface area contributed by atoms with Gasteiger partial charge in [-0.3, -0.25) is 9.59 Å². The first kappa shape index (κ1) is 28.8. The lowest BCUT2D eigenvalue weighted by Gasteiger charge is -2.13. The van der Waals surface area contributed by atoms with Gasteiger partial charge in [0.25, 0.3) is 5.56 Å². The number of anilines is 1. The monoisotopic (exact) mass is 612 g/mol. The van der Waals surface area contributed by atoms with Gasteiger partial charge in [-0.1, -0.05) is 78.7 Å². The standard InChI is InChI=1S/C33H29ClN4O4S/c34-30-25-16-24(35-31(40)22-8-4-5-9-22)14-15-27(25)38(18-20-10-12-23(13-11-20)32(41)42)28(30)19-43-33-36-26(17-29(39)37-33)21-6-2-1-3-7-21/h1-3,6-7,10-17,22H,4-5,8-9,18-19H2,(H,35,40)(H,41,42)(H,36,37,39). The molecule has 1 saturated carbocycles. The maximum absolute atomic E-state index is 12.8. The number of H-pyrrole nitrogens is 1. The highest BCUT2D eigenvalue weighted by Gasteiger charge is 2.23. The predicted octanol–water partition coefficient (Wildman–Crippen LogP) is 7.21. The number of rotatable bonds is 9. The van der Waals surface area contributed by atoms with Gasteiger partial charge in [0.2, 0.25) is 5.91 Å². The van der Waals surface area contributed by atoms with Crippen LogP contribution >= 0.6 is 23.4 Å². The highest BCUT2D eigenvalue weighted by Crippen LogP contribution is 2.37. The molecule has 0 atom stereocenters. The minimum Gasteiger partial charge on any atom is -0.478 e. The van der Waals surface area contributed by atoms with Gasteiger partial charge in [-0.2, -0.15) is 0 Å². The molecule has 0 saturated heterocycles. The molecule has 218 valence electrons. The number of carboxylic acid groups (broad SMARTS) is 1. The summed E-state index contributed by atoms with van der Waals surface area (Å²) in [6, 6.07) is 23.5. The Hall–Kier alpha value is -4.34. The van der Waals surface area contributed by atoms with Crippen LogP contribution in [0.15, 0.2) is 88.8 Å². The maximum Gasteiger partial charge on any atom is 0.335 e. The van der Waals surface area contributed by atoms with Gasteiger partial charge >= 0.3 is 5.97 Å². The minimum atomic E-state index is -0.982. The third-order valence-electron chi connectivity index (χ3n) is 7.77. The average Bonchev–Trinajstić information content (AvgIpc) is 3.64. The Morgan fingerprint density at radius 3 is 2.49 bits per heavy atom. The molecule has 6 rings (SSSR count). The van der Waals surface area contributed by atoms with Crippen LogP contribution in [-0.4, -0.2) is 31.5 Å². The largest absolute Gasteiger partial charge is 0.478 e. The number of carbonyl (C=O) groups excluding carboxylic acids is 1. The van der Waals surface area contributed by atoms with E-state index in [9.17, 15) is 19.5 Å². The molecular formula is C33H29ClN4O4S. The number of halogens is 1. The van der Waals surface area contributed by atoms with Gasteiger partial charge in [0.15, 0.2) is 5.16 Å². The lowest BCUT2D eigenvalue weighted by molar-refractivity contribution is -0.119. The van der Waals surface area contributed by atoms with Crippen molar-refractivity contribution in [2.24, 2.45) is 5.92 Å². The third kappa shape index (κ3) is 6.38. The second-order valence-electron chi connectivity index (χ2n) is 10.6. The fourth-order valence-corrected chi connectivity index (χ4v) is 6.84. The molecule has 0 spiro atoms. The van der Waals surface area contributed by atoms with E-state index in [4.69, 9.17) is 11.6 Å². The maximum atomic E-state index is 12.8. The van der Waals surface area contributed by atoms with E-state index in [-0.39, 0.29) is 22.9 Å². The van der Waals surface area contributed by atoms with Gasteiger partial charge in [0.1, 0.15) is 0 Å². The quantitative estimate of drug-likeness (QED) is 0.120. The summed E-state index contributed by atoms with van der Waals surface area (Å²) < 4.78 is 2.09. The van der Waals surface area contributed by atoms with Crippen LogP contribution in [0, 0.1) is 5.92 Å².